The maximum Gasteiger partial charge on any atom is 0.172 e. The fourth-order valence-corrected chi connectivity index (χ4v) is 3.30. The van der Waals surface area contributed by atoms with Gasteiger partial charge in [-0.1, -0.05) is 19.8 Å². The fourth-order valence-electron chi connectivity index (χ4n) is 2.95. The third kappa shape index (κ3) is 2.55. The molecule has 0 unspecified atom stereocenters. The highest BCUT2D eigenvalue weighted by Gasteiger charge is 2.40. The molecule has 1 fully saturated rings. The van der Waals surface area contributed by atoms with Crippen molar-refractivity contribution in [3.8, 4) is 5.75 Å². The van der Waals surface area contributed by atoms with E-state index in [0.29, 0.717) is 15.8 Å². The van der Waals surface area contributed by atoms with Gasteiger partial charge in [0.15, 0.2) is 5.78 Å². The summed E-state index contributed by atoms with van der Waals surface area (Å²) in [6.45, 7) is 2.05. The molecule has 0 bridgehead atoms. The monoisotopic (exact) mass is 328 g/mol. The number of ether oxygens (including phenoxy) is 1. The summed E-state index contributed by atoms with van der Waals surface area (Å²) in [6.07, 6.45) is 4.83. The average Bonchev–Trinajstić information content (AvgIpc) is 2.90. The minimum Gasteiger partial charge on any atom is -0.496 e. The number of hydrogen-bond donors (Lipinski definition) is 0. The van der Waals surface area contributed by atoms with E-state index in [9.17, 15) is 9.18 Å². The van der Waals surface area contributed by atoms with Crippen LogP contribution in [0.2, 0.25) is 0 Å². The number of benzene rings is 1. The Morgan fingerprint density at radius 3 is 2.58 bits per heavy atom. The lowest BCUT2D eigenvalue weighted by molar-refractivity contribution is 0.0788. The van der Waals surface area contributed by atoms with E-state index in [2.05, 4.69) is 15.9 Å². The quantitative estimate of drug-likeness (QED) is 0.745. The van der Waals surface area contributed by atoms with Gasteiger partial charge in [0.05, 0.1) is 17.1 Å². The van der Waals surface area contributed by atoms with Crippen LogP contribution in [0, 0.1) is 11.2 Å². The molecule has 1 aliphatic carbocycles. The topological polar surface area (TPSA) is 26.3 Å². The highest BCUT2D eigenvalue weighted by Crippen LogP contribution is 2.45. The Morgan fingerprint density at radius 2 is 2.05 bits per heavy atom. The lowest BCUT2D eigenvalue weighted by Gasteiger charge is -2.26. The van der Waals surface area contributed by atoms with Gasteiger partial charge in [-0.3, -0.25) is 4.79 Å². The molecule has 0 N–H and O–H groups in total. The Balaban J connectivity index is 2.46. The van der Waals surface area contributed by atoms with Crippen LogP contribution in [-0.4, -0.2) is 12.9 Å². The smallest absolute Gasteiger partial charge is 0.172 e. The Kier molecular flexibility index (Phi) is 4.29. The van der Waals surface area contributed by atoms with Crippen LogP contribution < -0.4 is 4.74 Å². The number of carbonyl (C=O) groups is 1. The van der Waals surface area contributed by atoms with Gasteiger partial charge in [0.1, 0.15) is 11.6 Å². The predicted molar refractivity (Wildman–Crippen MR) is 76.2 cm³/mol. The molecule has 2 nitrogen and oxygen atoms in total. The number of Topliss-reactive ketones (excluding diaryl/α,β-unsaturated/α-hetero) is 1. The first-order valence-electron chi connectivity index (χ1n) is 6.62. The minimum absolute atomic E-state index is 0.0880. The summed E-state index contributed by atoms with van der Waals surface area (Å²) in [5.74, 6) is 0.000783. The molecule has 0 spiro atoms. The van der Waals surface area contributed by atoms with Crippen LogP contribution in [-0.2, 0) is 0 Å². The molecule has 0 atom stereocenters. The van der Waals surface area contributed by atoms with Crippen molar-refractivity contribution in [1.82, 2.24) is 0 Å². The van der Waals surface area contributed by atoms with Crippen molar-refractivity contribution >= 4 is 21.7 Å². The van der Waals surface area contributed by atoms with E-state index in [4.69, 9.17) is 4.74 Å². The molecule has 1 aliphatic rings. The molecule has 1 aromatic carbocycles. The molecule has 0 aliphatic heterocycles. The normalized spacial score (nSPS) is 17.5. The number of methoxy groups -OCH3 is 1. The summed E-state index contributed by atoms with van der Waals surface area (Å²) >= 11 is 3.14. The first kappa shape index (κ1) is 14.5. The zero-order chi connectivity index (χ0) is 14.0. The van der Waals surface area contributed by atoms with Crippen molar-refractivity contribution in [2.24, 2.45) is 5.41 Å². The van der Waals surface area contributed by atoms with Gasteiger partial charge in [0.2, 0.25) is 0 Å². The highest BCUT2D eigenvalue weighted by molar-refractivity contribution is 9.10. The molecule has 0 radical (unpaired) electrons. The number of carbonyl (C=O) groups excluding carboxylic acids is 1. The lowest BCUT2D eigenvalue weighted by Crippen LogP contribution is -2.27. The van der Waals surface area contributed by atoms with E-state index >= 15 is 0 Å². The molecule has 0 amide bonds. The third-order valence-electron chi connectivity index (χ3n) is 4.21. The van der Waals surface area contributed by atoms with Gasteiger partial charge in [0.25, 0.3) is 0 Å². The van der Waals surface area contributed by atoms with Crippen LogP contribution in [0.1, 0.15) is 49.4 Å². The highest BCUT2D eigenvalue weighted by atomic mass is 79.9. The van der Waals surface area contributed by atoms with Gasteiger partial charge in [-0.2, -0.15) is 0 Å². The molecular formula is C15H18BrFO2. The van der Waals surface area contributed by atoms with Crippen LogP contribution in [0.25, 0.3) is 0 Å². The van der Waals surface area contributed by atoms with Crippen molar-refractivity contribution in [1.29, 1.82) is 0 Å². The summed E-state index contributed by atoms with van der Waals surface area (Å²) in [6, 6.07) is 2.82. The molecule has 104 valence electrons. The SMILES string of the molecule is CCC1(C(=O)c2cc(Br)c(F)cc2OC)CCCC1. The van der Waals surface area contributed by atoms with Crippen LogP contribution >= 0.6 is 15.9 Å². The van der Waals surface area contributed by atoms with Gasteiger partial charge in [-0.05, 0) is 41.3 Å². The molecule has 1 saturated carbocycles. The van der Waals surface area contributed by atoms with Gasteiger partial charge in [-0.25, -0.2) is 4.39 Å². The maximum absolute atomic E-state index is 13.5. The molecule has 19 heavy (non-hydrogen) atoms. The summed E-state index contributed by atoms with van der Waals surface area (Å²) in [5.41, 5.74) is 0.199. The Hall–Kier alpha value is -0.900. The second kappa shape index (κ2) is 5.61. The first-order chi connectivity index (χ1) is 9.04. The number of rotatable bonds is 4. The van der Waals surface area contributed by atoms with Gasteiger partial charge in [0, 0.05) is 11.5 Å². The van der Waals surface area contributed by atoms with Crippen LogP contribution in [0.3, 0.4) is 0 Å². The van der Waals surface area contributed by atoms with Crippen molar-refractivity contribution in [3.05, 3.63) is 28.0 Å². The number of ketones is 1. The zero-order valence-electron chi connectivity index (χ0n) is 11.3. The second-order valence-electron chi connectivity index (χ2n) is 5.14. The molecule has 0 heterocycles. The summed E-state index contributed by atoms with van der Waals surface area (Å²) < 4.78 is 19.0. The average molecular weight is 329 g/mol. The predicted octanol–water partition coefficient (Wildman–Crippen LogP) is 4.75. The molecule has 0 saturated heterocycles. The van der Waals surface area contributed by atoms with Crippen LogP contribution in [0.15, 0.2) is 16.6 Å². The first-order valence-corrected chi connectivity index (χ1v) is 7.41. The molecule has 2 rings (SSSR count). The van der Waals surface area contributed by atoms with E-state index in [1.807, 2.05) is 6.92 Å². The Bertz CT molecular complexity index is 493. The summed E-state index contributed by atoms with van der Waals surface area (Å²) in [4.78, 5) is 12.8. The van der Waals surface area contributed by atoms with Gasteiger partial charge in [-0.15, -0.1) is 0 Å². The lowest BCUT2D eigenvalue weighted by atomic mass is 9.76. The van der Waals surface area contributed by atoms with E-state index in [1.54, 1.807) is 6.07 Å². The van der Waals surface area contributed by atoms with E-state index in [-0.39, 0.29) is 11.2 Å². The fraction of sp³-hybridized carbons (Fsp3) is 0.533. The van der Waals surface area contributed by atoms with Crippen molar-refractivity contribution in [2.75, 3.05) is 7.11 Å². The van der Waals surface area contributed by atoms with Gasteiger partial charge < -0.3 is 4.74 Å². The van der Waals surface area contributed by atoms with E-state index < -0.39 is 5.82 Å². The summed E-state index contributed by atoms with van der Waals surface area (Å²) in [7, 11) is 1.47. The van der Waals surface area contributed by atoms with Crippen molar-refractivity contribution in [3.63, 3.8) is 0 Å². The maximum atomic E-state index is 13.5. The van der Waals surface area contributed by atoms with Crippen molar-refractivity contribution < 1.29 is 13.9 Å². The second-order valence-corrected chi connectivity index (χ2v) is 5.99. The van der Waals surface area contributed by atoms with Gasteiger partial charge >= 0.3 is 0 Å². The molecule has 0 aromatic heterocycles. The van der Waals surface area contributed by atoms with E-state index in [0.717, 1.165) is 32.1 Å². The number of halogens is 2. The largest absolute Gasteiger partial charge is 0.496 e. The Labute approximate surface area is 121 Å². The third-order valence-corrected chi connectivity index (χ3v) is 4.81. The van der Waals surface area contributed by atoms with Crippen LogP contribution in [0.5, 0.6) is 5.75 Å². The standard InChI is InChI=1S/C15H18BrFO2/c1-3-15(6-4-5-7-15)14(18)10-8-11(16)12(17)9-13(10)19-2/h8-9H,3-7H2,1-2H3. The Morgan fingerprint density at radius 1 is 1.42 bits per heavy atom. The molecule has 1 aromatic rings. The van der Waals surface area contributed by atoms with Crippen molar-refractivity contribution in [2.45, 2.75) is 39.0 Å². The van der Waals surface area contributed by atoms with Crippen LogP contribution in [0.4, 0.5) is 4.39 Å². The molecule has 4 heteroatoms. The minimum atomic E-state index is -0.412. The van der Waals surface area contributed by atoms with E-state index in [1.165, 1.54) is 13.2 Å². The molecular weight excluding hydrogens is 311 g/mol. The number of hydrogen-bond acceptors (Lipinski definition) is 2. The zero-order valence-corrected chi connectivity index (χ0v) is 12.8. The summed E-state index contributed by atoms with van der Waals surface area (Å²) in [5, 5.41) is 0.